The van der Waals surface area contributed by atoms with Gasteiger partial charge in [0.1, 0.15) is 21.5 Å². The van der Waals surface area contributed by atoms with Gasteiger partial charge in [0.25, 0.3) is 0 Å². The second kappa shape index (κ2) is 9.57. The molecule has 0 spiro atoms. The lowest BCUT2D eigenvalue weighted by atomic mass is 10.1. The SMILES string of the molecule is C=C(/C=c1/sc(-c2ccccc2O)nc1=C)c1ccc2nc(C(/C=C\C)=C(\O)CC)sc2c1. The van der Waals surface area contributed by atoms with Crippen LogP contribution in [0, 0.1) is 0 Å². The number of hydrogen-bond acceptors (Lipinski definition) is 6. The van der Waals surface area contributed by atoms with Crippen LogP contribution in [0.5, 0.6) is 5.75 Å². The molecule has 2 aromatic heterocycles. The Balaban J connectivity index is 1.70. The number of rotatable bonds is 6. The molecule has 4 nitrogen and oxygen atoms in total. The topological polar surface area (TPSA) is 66.2 Å². The Bertz CT molecular complexity index is 1520. The summed E-state index contributed by atoms with van der Waals surface area (Å²) in [5, 5.41) is 22.6. The number of aliphatic hydroxyl groups excluding tert-OH is 1. The van der Waals surface area contributed by atoms with Gasteiger partial charge in [-0.3, -0.25) is 0 Å². The zero-order chi connectivity index (χ0) is 23.5. The number of phenolic OH excluding ortho intramolecular Hbond substituents is 1. The number of aromatic hydroxyl groups is 1. The van der Waals surface area contributed by atoms with Gasteiger partial charge >= 0.3 is 0 Å². The number of thiazole rings is 2. The molecule has 0 unspecified atom stereocenters. The summed E-state index contributed by atoms with van der Waals surface area (Å²) in [5.41, 5.74) is 4.15. The van der Waals surface area contributed by atoms with E-state index < -0.39 is 0 Å². The predicted molar refractivity (Wildman–Crippen MR) is 142 cm³/mol. The monoisotopic (exact) mass is 472 g/mol. The minimum atomic E-state index is 0.198. The highest BCUT2D eigenvalue weighted by molar-refractivity contribution is 7.19. The summed E-state index contributed by atoms with van der Waals surface area (Å²) in [7, 11) is 0. The number of benzene rings is 2. The quantitative estimate of drug-likeness (QED) is 0.256. The fraction of sp³-hybridized carbons (Fsp3) is 0.111. The number of nitrogens with zero attached hydrogens (tertiary/aromatic N) is 2. The van der Waals surface area contributed by atoms with Crippen molar-refractivity contribution >= 4 is 56.7 Å². The van der Waals surface area contributed by atoms with Gasteiger partial charge in [0.2, 0.25) is 0 Å². The molecule has 0 amide bonds. The van der Waals surface area contributed by atoms with E-state index in [4.69, 9.17) is 4.98 Å². The second-order valence-corrected chi connectivity index (χ2v) is 9.49. The van der Waals surface area contributed by atoms with Crippen molar-refractivity contribution in [3.8, 4) is 16.3 Å². The van der Waals surface area contributed by atoms with Crippen molar-refractivity contribution in [1.82, 2.24) is 9.97 Å². The Kier molecular flexibility index (Phi) is 6.58. The van der Waals surface area contributed by atoms with Gasteiger partial charge in [0, 0.05) is 12.0 Å². The maximum Gasteiger partial charge on any atom is 0.128 e. The highest BCUT2D eigenvalue weighted by atomic mass is 32.1. The van der Waals surface area contributed by atoms with E-state index in [1.54, 1.807) is 23.5 Å². The molecule has 166 valence electrons. The number of para-hydroxylation sites is 1. The van der Waals surface area contributed by atoms with Crippen LogP contribution in [0.3, 0.4) is 0 Å². The van der Waals surface area contributed by atoms with E-state index in [2.05, 4.69) is 24.2 Å². The van der Waals surface area contributed by atoms with Crippen LogP contribution < -0.4 is 9.88 Å². The van der Waals surface area contributed by atoms with Crippen molar-refractivity contribution in [2.75, 3.05) is 0 Å². The average molecular weight is 473 g/mol. The molecule has 4 aromatic rings. The molecule has 6 heteroatoms. The molecule has 33 heavy (non-hydrogen) atoms. The van der Waals surface area contributed by atoms with Crippen molar-refractivity contribution in [2.24, 2.45) is 0 Å². The summed E-state index contributed by atoms with van der Waals surface area (Å²) in [5.74, 6) is 0.530. The van der Waals surface area contributed by atoms with Crippen LogP contribution >= 0.6 is 22.7 Å². The first-order valence-electron chi connectivity index (χ1n) is 10.5. The molecule has 2 N–H and O–H groups in total. The molecule has 0 atom stereocenters. The molecule has 0 aliphatic rings. The maximum absolute atomic E-state index is 10.3. The summed E-state index contributed by atoms with van der Waals surface area (Å²) < 4.78 is 1.92. The van der Waals surface area contributed by atoms with Crippen LogP contribution in [0.1, 0.15) is 30.8 Å². The molecule has 2 heterocycles. The van der Waals surface area contributed by atoms with Crippen molar-refractivity contribution in [3.05, 3.63) is 87.4 Å². The molecule has 0 fully saturated rings. The molecular weight excluding hydrogens is 448 g/mol. The highest BCUT2D eigenvalue weighted by Gasteiger charge is 2.12. The largest absolute Gasteiger partial charge is 0.512 e. The van der Waals surface area contributed by atoms with Gasteiger partial charge < -0.3 is 10.2 Å². The number of aliphatic hydroxyl groups is 1. The van der Waals surface area contributed by atoms with Gasteiger partial charge in [-0.05, 0) is 48.4 Å². The van der Waals surface area contributed by atoms with Crippen LogP contribution in [0.15, 0.2) is 67.0 Å². The molecular formula is C27H24N2O2S2. The van der Waals surface area contributed by atoms with Gasteiger partial charge in [0.15, 0.2) is 0 Å². The lowest BCUT2D eigenvalue weighted by molar-refractivity contribution is 0.398. The molecule has 0 radical (unpaired) electrons. The summed E-state index contributed by atoms with van der Waals surface area (Å²) in [6, 6.07) is 13.2. The van der Waals surface area contributed by atoms with Crippen LogP contribution in [-0.2, 0) is 0 Å². The second-order valence-electron chi connectivity index (χ2n) is 7.43. The van der Waals surface area contributed by atoms with Gasteiger partial charge in [-0.25, -0.2) is 9.97 Å². The van der Waals surface area contributed by atoms with E-state index in [9.17, 15) is 10.2 Å². The summed E-state index contributed by atoms with van der Waals surface area (Å²) in [4.78, 5) is 9.25. The Morgan fingerprint density at radius 1 is 1.12 bits per heavy atom. The van der Waals surface area contributed by atoms with Crippen molar-refractivity contribution in [1.29, 1.82) is 0 Å². The van der Waals surface area contributed by atoms with Crippen LogP contribution in [0.4, 0.5) is 0 Å². The van der Waals surface area contributed by atoms with Crippen molar-refractivity contribution < 1.29 is 10.2 Å². The first kappa shape index (κ1) is 22.7. The van der Waals surface area contributed by atoms with E-state index >= 15 is 0 Å². The summed E-state index contributed by atoms with van der Waals surface area (Å²) in [6.07, 6.45) is 6.33. The Labute approximate surface area is 200 Å². The molecule has 4 rings (SSSR count). The fourth-order valence-electron chi connectivity index (χ4n) is 3.38. The van der Waals surface area contributed by atoms with E-state index in [1.807, 2.05) is 56.3 Å². The molecule has 0 aliphatic carbocycles. The third-order valence-electron chi connectivity index (χ3n) is 5.14. The first-order chi connectivity index (χ1) is 15.9. The molecule has 2 aromatic carbocycles. The van der Waals surface area contributed by atoms with Crippen LogP contribution in [-0.4, -0.2) is 20.2 Å². The molecule has 0 saturated heterocycles. The average Bonchev–Trinajstić information content (AvgIpc) is 3.39. The van der Waals surface area contributed by atoms with E-state index in [1.165, 1.54) is 11.3 Å². The zero-order valence-electron chi connectivity index (χ0n) is 18.5. The minimum absolute atomic E-state index is 0.198. The highest BCUT2D eigenvalue weighted by Crippen LogP contribution is 2.32. The Morgan fingerprint density at radius 2 is 1.91 bits per heavy atom. The Hall–Kier alpha value is -3.48. The summed E-state index contributed by atoms with van der Waals surface area (Å²) >= 11 is 3.02. The molecule has 0 aliphatic heterocycles. The Morgan fingerprint density at radius 3 is 2.64 bits per heavy atom. The molecule has 0 saturated carbocycles. The van der Waals surface area contributed by atoms with E-state index in [0.29, 0.717) is 23.1 Å². The fourth-order valence-corrected chi connectivity index (χ4v) is 5.44. The van der Waals surface area contributed by atoms with Crippen LogP contribution in [0.25, 0.3) is 44.6 Å². The normalized spacial score (nSPS) is 13.1. The van der Waals surface area contributed by atoms with Gasteiger partial charge in [-0.1, -0.05) is 50.4 Å². The van der Waals surface area contributed by atoms with Gasteiger partial charge in [0.05, 0.1) is 25.7 Å². The van der Waals surface area contributed by atoms with Crippen LogP contribution in [0.2, 0.25) is 0 Å². The number of aromatic nitrogens is 2. The predicted octanol–water partition coefficient (Wildman–Crippen LogP) is 6.28. The first-order valence-corrected chi connectivity index (χ1v) is 12.2. The number of phenols is 1. The lowest BCUT2D eigenvalue weighted by Crippen LogP contribution is -2.18. The smallest absolute Gasteiger partial charge is 0.128 e. The van der Waals surface area contributed by atoms with Gasteiger partial charge in [-0.15, -0.1) is 22.7 Å². The number of hydrogen-bond donors (Lipinski definition) is 2. The van der Waals surface area contributed by atoms with Crippen molar-refractivity contribution in [3.63, 3.8) is 0 Å². The van der Waals surface area contributed by atoms with Gasteiger partial charge in [-0.2, -0.15) is 0 Å². The third kappa shape index (κ3) is 4.67. The maximum atomic E-state index is 10.3. The third-order valence-corrected chi connectivity index (χ3v) is 7.27. The molecule has 0 bridgehead atoms. The van der Waals surface area contributed by atoms with E-state index in [-0.39, 0.29) is 5.75 Å². The summed E-state index contributed by atoms with van der Waals surface area (Å²) in [6.45, 7) is 12.2. The number of allylic oxidation sites excluding steroid dienone is 5. The standard InChI is InChI=1S/C27H24N2O2S2/c1-5-9-19(22(30)6-2)27-29-21-13-12-18(15-25(21)33-27)16(3)14-24-17(4)28-26(32-24)20-10-7-8-11-23(20)31/h5,7-15,30-31H,3-4,6H2,1-2H3/b9-5-,22-19-,24-14+. The minimum Gasteiger partial charge on any atom is -0.512 e. The number of fused-ring (bicyclic) bond motifs is 1. The van der Waals surface area contributed by atoms with E-state index in [0.717, 1.165) is 41.5 Å². The lowest BCUT2D eigenvalue weighted by Gasteiger charge is -2.01. The van der Waals surface area contributed by atoms with Crippen molar-refractivity contribution in [2.45, 2.75) is 20.3 Å². The zero-order valence-corrected chi connectivity index (χ0v) is 20.1.